The van der Waals surface area contributed by atoms with Gasteiger partial charge < -0.3 is 11.1 Å². The third-order valence-corrected chi connectivity index (χ3v) is 1.67. The highest BCUT2D eigenvalue weighted by molar-refractivity contribution is 5.94. The minimum absolute atomic E-state index is 0.472. The molecule has 0 aliphatic carbocycles. The Bertz CT molecular complexity index is 370. The first-order valence-electron chi connectivity index (χ1n) is 4.13. The average molecular weight is 218 g/mol. The van der Waals surface area contributed by atoms with Crippen molar-refractivity contribution in [2.24, 2.45) is 5.73 Å². The summed E-state index contributed by atoms with van der Waals surface area (Å²) in [5, 5.41) is 1.92. The lowest BCUT2D eigenvalue weighted by atomic mass is 10.2. The summed E-state index contributed by atoms with van der Waals surface area (Å²) < 4.78 is 38.5. The molecule has 0 saturated heterocycles. The Balaban J connectivity index is 3.00. The number of nitrogens with one attached hydrogen (secondary N) is 1. The minimum atomic E-state index is -1.18. The maximum atomic E-state index is 13.0. The first kappa shape index (κ1) is 11.5. The van der Waals surface area contributed by atoms with Gasteiger partial charge in [-0.2, -0.15) is 0 Å². The summed E-state index contributed by atoms with van der Waals surface area (Å²) in [5.74, 6) is -4.16. The molecule has 1 atom stereocenters. The second-order valence-corrected chi connectivity index (χ2v) is 3.02. The lowest BCUT2D eigenvalue weighted by Gasteiger charge is -2.09. The predicted molar refractivity (Wildman–Crippen MR) is 48.6 cm³/mol. The SMILES string of the molecule is C[C@@H](N)C(=O)Nc1c(F)cc(F)cc1F. The van der Waals surface area contributed by atoms with E-state index in [0.29, 0.717) is 12.1 Å². The molecular weight excluding hydrogens is 209 g/mol. The number of hydrogen-bond donors (Lipinski definition) is 2. The van der Waals surface area contributed by atoms with Gasteiger partial charge in [0.1, 0.15) is 11.5 Å². The van der Waals surface area contributed by atoms with Gasteiger partial charge in [0.25, 0.3) is 0 Å². The first-order chi connectivity index (χ1) is 6.91. The summed E-state index contributed by atoms with van der Waals surface area (Å²) in [7, 11) is 0. The van der Waals surface area contributed by atoms with Crippen molar-refractivity contribution in [2.75, 3.05) is 5.32 Å². The Hall–Kier alpha value is -1.56. The monoisotopic (exact) mass is 218 g/mol. The summed E-state index contributed by atoms with van der Waals surface area (Å²) in [6, 6.07) is 0.0357. The molecule has 0 heterocycles. The number of hydrogen-bond acceptors (Lipinski definition) is 2. The molecule has 0 aliphatic rings. The van der Waals surface area contributed by atoms with Gasteiger partial charge in [0.2, 0.25) is 5.91 Å². The molecule has 0 saturated carbocycles. The molecule has 3 nitrogen and oxygen atoms in total. The summed E-state index contributed by atoms with van der Waals surface area (Å²) in [4.78, 5) is 11.0. The van der Waals surface area contributed by atoms with Crippen LogP contribution in [0.25, 0.3) is 0 Å². The second kappa shape index (κ2) is 4.31. The van der Waals surface area contributed by atoms with Crippen LogP contribution in [0.15, 0.2) is 12.1 Å². The minimum Gasteiger partial charge on any atom is -0.320 e. The summed E-state index contributed by atoms with van der Waals surface area (Å²) in [5.41, 5.74) is 4.49. The van der Waals surface area contributed by atoms with E-state index in [1.54, 1.807) is 0 Å². The predicted octanol–water partition coefficient (Wildman–Crippen LogP) is 1.39. The lowest BCUT2D eigenvalue weighted by molar-refractivity contribution is -0.117. The molecule has 0 unspecified atom stereocenters. The highest BCUT2D eigenvalue weighted by Gasteiger charge is 2.15. The quantitative estimate of drug-likeness (QED) is 0.788. The topological polar surface area (TPSA) is 55.1 Å². The molecule has 1 amide bonds. The molecule has 0 fully saturated rings. The number of anilines is 1. The van der Waals surface area contributed by atoms with Crippen LogP contribution in [0.4, 0.5) is 18.9 Å². The lowest BCUT2D eigenvalue weighted by Crippen LogP contribution is -2.33. The van der Waals surface area contributed by atoms with Gasteiger partial charge >= 0.3 is 0 Å². The van der Waals surface area contributed by atoms with Gasteiger partial charge in [-0.25, -0.2) is 13.2 Å². The van der Waals surface area contributed by atoms with Crippen LogP contribution in [0.2, 0.25) is 0 Å². The van der Waals surface area contributed by atoms with Crippen molar-refractivity contribution in [3.05, 3.63) is 29.6 Å². The van der Waals surface area contributed by atoms with E-state index in [0.717, 1.165) is 0 Å². The largest absolute Gasteiger partial charge is 0.320 e. The maximum Gasteiger partial charge on any atom is 0.241 e. The molecule has 6 heteroatoms. The normalized spacial score (nSPS) is 12.3. The molecule has 15 heavy (non-hydrogen) atoms. The fraction of sp³-hybridized carbons (Fsp3) is 0.222. The second-order valence-electron chi connectivity index (χ2n) is 3.02. The molecule has 0 aromatic heterocycles. The van der Waals surface area contributed by atoms with Crippen LogP contribution in [0.3, 0.4) is 0 Å². The molecule has 3 N–H and O–H groups in total. The maximum absolute atomic E-state index is 13.0. The number of benzene rings is 1. The van der Waals surface area contributed by atoms with Crippen LogP contribution in [0.1, 0.15) is 6.92 Å². The van der Waals surface area contributed by atoms with Crippen molar-refractivity contribution in [2.45, 2.75) is 13.0 Å². The highest BCUT2D eigenvalue weighted by Crippen LogP contribution is 2.20. The Kier molecular flexibility index (Phi) is 3.31. The van der Waals surface area contributed by atoms with Crippen molar-refractivity contribution in [1.29, 1.82) is 0 Å². The molecule has 82 valence electrons. The third kappa shape index (κ3) is 2.69. The van der Waals surface area contributed by atoms with E-state index in [2.05, 4.69) is 0 Å². The third-order valence-electron chi connectivity index (χ3n) is 1.67. The standard InChI is InChI=1S/C9H9F3N2O/c1-4(13)9(15)14-8-6(11)2-5(10)3-7(8)12/h2-4H,13H2,1H3,(H,14,15)/t4-/m1/s1. The van der Waals surface area contributed by atoms with Gasteiger partial charge in [-0.15, -0.1) is 0 Å². The highest BCUT2D eigenvalue weighted by atomic mass is 19.1. The number of carbonyl (C=O) groups excluding carboxylic acids is 1. The first-order valence-corrected chi connectivity index (χ1v) is 4.13. The summed E-state index contributed by atoms with van der Waals surface area (Å²) >= 11 is 0. The van der Waals surface area contributed by atoms with E-state index >= 15 is 0 Å². The van der Waals surface area contributed by atoms with Crippen molar-refractivity contribution >= 4 is 11.6 Å². The van der Waals surface area contributed by atoms with Gasteiger partial charge in [-0.3, -0.25) is 4.79 Å². The molecule has 1 aromatic rings. The molecule has 0 radical (unpaired) electrons. The molecule has 0 bridgehead atoms. The van der Waals surface area contributed by atoms with Gasteiger partial charge in [-0.1, -0.05) is 0 Å². The van der Waals surface area contributed by atoms with Crippen molar-refractivity contribution in [3.8, 4) is 0 Å². The Morgan fingerprint density at radius 3 is 2.20 bits per heavy atom. The van der Waals surface area contributed by atoms with Crippen molar-refractivity contribution in [3.63, 3.8) is 0 Å². The van der Waals surface area contributed by atoms with Crippen LogP contribution < -0.4 is 11.1 Å². The van der Waals surface area contributed by atoms with E-state index in [9.17, 15) is 18.0 Å². The smallest absolute Gasteiger partial charge is 0.241 e. The molecule has 1 rings (SSSR count). The Morgan fingerprint density at radius 2 is 1.80 bits per heavy atom. The van der Waals surface area contributed by atoms with E-state index in [4.69, 9.17) is 5.73 Å². The van der Waals surface area contributed by atoms with Crippen LogP contribution in [0.5, 0.6) is 0 Å². The number of amides is 1. The van der Waals surface area contributed by atoms with E-state index in [-0.39, 0.29) is 0 Å². The van der Waals surface area contributed by atoms with Crippen molar-refractivity contribution < 1.29 is 18.0 Å². The van der Waals surface area contributed by atoms with Crippen LogP contribution >= 0.6 is 0 Å². The fourth-order valence-corrected chi connectivity index (χ4v) is 0.899. The van der Waals surface area contributed by atoms with E-state index in [1.807, 2.05) is 5.32 Å². The van der Waals surface area contributed by atoms with Gasteiger partial charge in [0.15, 0.2) is 11.6 Å². The molecular formula is C9H9F3N2O. The number of halogens is 3. The van der Waals surface area contributed by atoms with E-state index in [1.165, 1.54) is 6.92 Å². The molecule has 1 aromatic carbocycles. The van der Waals surface area contributed by atoms with Gasteiger partial charge in [0.05, 0.1) is 6.04 Å². The Morgan fingerprint density at radius 1 is 1.33 bits per heavy atom. The zero-order valence-corrected chi connectivity index (χ0v) is 7.85. The molecule has 0 aliphatic heterocycles. The fourth-order valence-electron chi connectivity index (χ4n) is 0.899. The number of nitrogens with two attached hydrogens (primary N) is 1. The average Bonchev–Trinajstić information content (AvgIpc) is 2.10. The zero-order chi connectivity index (χ0) is 11.6. The van der Waals surface area contributed by atoms with Gasteiger partial charge in [-0.05, 0) is 6.92 Å². The summed E-state index contributed by atoms with van der Waals surface area (Å²) in [6.07, 6.45) is 0. The van der Waals surface area contributed by atoms with Gasteiger partial charge in [0, 0.05) is 12.1 Å². The Labute approximate surface area is 84.1 Å². The van der Waals surface area contributed by atoms with E-state index < -0.39 is 35.1 Å². The summed E-state index contributed by atoms with van der Waals surface area (Å²) in [6.45, 7) is 1.36. The zero-order valence-electron chi connectivity index (χ0n) is 7.85. The number of carbonyl (C=O) groups is 1. The van der Waals surface area contributed by atoms with Crippen LogP contribution in [-0.4, -0.2) is 11.9 Å². The van der Waals surface area contributed by atoms with Crippen LogP contribution in [-0.2, 0) is 4.79 Å². The van der Waals surface area contributed by atoms with Crippen LogP contribution in [0, 0.1) is 17.5 Å². The molecule has 0 spiro atoms. The van der Waals surface area contributed by atoms with Crippen molar-refractivity contribution in [1.82, 2.24) is 0 Å². The number of rotatable bonds is 2.